The molecule has 0 aliphatic heterocycles. The maximum Gasteiger partial charge on any atom is 0.185 e. The van der Waals surface area contributed by atoms with E-state index in [2.05, 4.69) is 20.9 Å². The van der Waals surface area contributed by atoms with E-state index in [4.69, 9.17) is 0 Å². The topological polar surface area (TPSA) is 34.9 Å². The number of carbonyl (C=O) groups is 1. The van der Waals surface area contributed by atoms with E-state index in [1.165, 1.54) is 0 Å². The van der Waals surface area contributed by atoms with Crippen LogP contribution in [0.5, 0.6) is 0 Å². The Labute approximate surface area is 89.9 Å². The first kappa shape index (κ1) is 9.40. The minimum atomic E-state index is 0.487. The summed E-state index contributed by atoms with van der Waals surface area (Å²) in [6.07, 6.45) is 0.789. The third-order valence-electron chi connectivity index (χ3n) is 2.16. The van der Waals surface area contributed by atoms with Crippen molar-refractivity contribution < 1.29 is 4.79 Å². The molecule has 2 rings (SSSR count). The number of hydrogen-bond acceptors (Lipinski definition) is 2. The van der Waals surface area contributed by atoms with E-state index in [-0.39, 0.29) is 0 Å². The summed E-state index contributed by atoms with van der Waals surface area (Å²) in [5.41, 5.74) is 1.85. The van der Waals surface area contributed by atoms with Gasteiger partial charge in [0.15, 0.2) is 12.1 Å². The number of carbonyl (C=O) groups excluding carboxylic acids is 1. The molecule has 0 fully saturated rings. The van der Waals surface area contributed by atoms with Crippen molar-refractivity contribution in [2.24, 2.45) is 0 Å². The van der Waals surface area contributed by atoms with Gasteiger partial charge in [0.05, 0.1) is 11.0 Å². The Morgan fingerprint density at radius 2 is 2.36 bits per heavy atom. The Bertz CT molecular complexity index is 490. The van der Waals surface area contributed by atoms with Crippen molar-refractivity contribution in [3.05, 3.63) is 28.5 Å². The second-order valence-corrected chi connectivity index (χ2v) is 3.88. The molecular formula is C10H9BrN2O. The Morgan fingerprint density at radius 3 is 3.00 bits per heavy atom. The van der Waals surface area contributed by atoms with Crippen LogP contribution in [0.15, 0.2) is 22.7 Å². The zero-order chi connectivity index (χ0) is 10.1. The number of hydrogen-bond donors (Lipinski definition) is 0. The summed E-state index contributed by atoms with van der Waals surface area (Å²) in [5.74, 6) is 0.487. The van der Waals surface area contributed by atoms with Gasteiger partial charge in [0.25, 0.3) is 0 Å². The molecule has 0 saturated carbocycles. The number of halogens is 1. The predicted molar refractivity (Wildman–Crippen MR) is 58.5 cm³/mol. The lowest BCUT2D eigenvalue weighted by Crippen LogP contribution is -1.99. The van der Waals surface area contributed by atoms with Gasteiger partial charge in [-0.15, -0.1) is 0 Å². The molecule has 0 amide bonds. The normalized spacial score (nSPS) is 10.7. The summed E-state index contributed by atoms with van der Waals surface area (Å²) in [5, 5.41) is 0. The van der Waals surface area contributed by atoms with Crippen LogP contribution < -0.4 is 0 Å². The highest BCUT2D eigenvalue weighted by molar-refractivity contribution is 9.10. The molecule has 1 heterocycles. The molecule has 1 aromatic heterocycles. The van der Waals surface area contributed by atoms with Crippen LogP contribution in [0.2, 0.25) is 0 Å². The molecule has 72 valence electrons. The minimum absolute atomic E-state index is 0.487. The molecular weight excluding hydrogens is 244 g/mol. The average Bonchev–Trinajstić information content (AvgIpc) is 2.54. The van der Waals surface area contributed by atoms with E-state index in [1.807, 2.05) is 29.7 Å². The lowest BCUT2D eigenvalue weighted by atomic mass is 10.3. The van der Waals surface area contributed by atoms with Crippen LogP contribution in [-0.4, -0.2) is 15.8 Å². The molecule has 3 nitrogen and oxygen atoms in total. The van der Waals surface area contributed by atoms with Gasteiger partial charge in [0.2, 0.25) is 0 Å². The van der Waals surface area contributed by atoms with E-state index in [0.29, 0.717) is 5.82 Å². The van der Waals surface area contributed by atoms with Crippen LogP contribution in [0.1, 0.15) is 17.5 Å². The molecule has 0 aliphatic carbocycles. The number of aldehydes is 1. The third kappa shape index (κ3) is 1.35. The monoisotopic (exact) mass is 252 g/mol. The van der Waals surface area contributed by atoms with Gasteiger partial charge in [0.1, 0.15) is 0 Å². The van der Waals surface area contributed by atoms with Crippen LogP contribution in [0.4, 0.5) is 0 Å². The van der Waals surface area contributed by atoms with Crippen molar-refractivity contribution in [1.82, 2.24) is 9.55 Å². The van der Waals surface area contributed by atoms with E-state index in [9.17, 15) is 4.79 Å². The molecule has 0 atom stereocenters. The molecule has 0 saturated heterocycles. The highest BCUT2D eigenvalue weighted by Crippen LogP contribution is 2.20. The molecule has 0 radical (unpaired) electrons. The first-order valence-electron chi connectivity index (χ1n) is 4.37. The van der Waals surface area contributed by atoms with Gasteiger partial charge in [-0.05, 0) is 25.1 Å². The molecule has 2 aromatic rings. The summed E-state index contributed by atoms with van der Waals surface area (Å²) in [6, 6.07) is 5.79. The molecule has 4 heteroatoms. The van der Waals surface area contributed by atoms with Crippen molar-refractivity contribution >= 4 is 33.2 Å². The van der Waals surface area contributed by atoms with Gasteiger partial charge < -0.3 is 4.57 Å². The van der Waals surface area contributed by atoms with Crippen molar-refractivity contribution in [1.29, 1.82) is 0 Å². The smallest absolute Gasteiger partial charge is 0.185 e. The molecule has 0 N–H and O–H groups in total. The van der Waals surface area contributed by atoms with Crippen molar-refractivity contribution in [3.63, 3.8) is 0 Å². The number of benzene rings is 1. The lowest BCUT2D eigenvalue weighted by Gasteiger charge is -2.00. The quantitative estimate of drug-likeness (QED) is 0.771. The van der Waals surface area contributed by atoms with Crippen LogP contribution in [-0.2, 0) is 6.54 Å². The fourth-order valence-electron chi connectivity index (χ4n) is 1.54. The van der Waals surface area contributed by atoms with Gasteiger partial charge >= 0.3 is 0 Å². The first-order chi connectivity index (χ1) is 6.76. The summed E-state index contributed by atoms with van der Waals surface area (Å²) >= 11 is 3.40. The molecule has 0 bridgehead atoms. The summed E-state index contributed by atoms with van der Waals surface area (Å²) < 4.78 is 2.89. The molecule has 0 aliphatic rings. The molecule has 1 aromatic carbocycles. The number of rotatable bonds is 2. The Morgan fingerprint density at radius 1 is 1.57 bits per heavy atom. The standard InChI is InChI=1S/C10H9BrN2O/c1-2-13-9-5-7(11)3-4-8(9)12-10(13)6-14/h3-6H,2H2,1H3. The van der Waals surface area contributed by atoms with Crippen LogP contribution in [0.3, 0.4) is 0 Å². The van der Waals surface area contributed by atoms with Gasteiger partial charge in [-0.2, -0.15) is 0 Å². The van der Waals surface area contributed by atoms with Crippen LogP contribution in [0.25, 0.3) is 11.0 Å². The lowest BCUT2D eigenvalue weighted by molar-refractivity contribution is 0.111. The van der Waals surface area contributed by atoms with E-state index < -0.39 is 0 Å². The number of aryl methyl sites for hydroxylation is 1. The second-order valence-electron chi connectivity index (χ2n) is 2.97. The van der Waals surface area contributed by atoms with Crippen molar-refractivity contribution in [2.45, 2.75) is 13.5 Å². The number of nitrogens with zero attached hydrogens (tertiary/aromatic N) is 2. The Hall–Kier alpha value is -1.16. The van der Waals surface area contributed by atoms with Gasteiger partial charge in [-0.25, -0.2) is 4.98 Å². The van der Waals surface area contributed by atoms with Crippen LogP contribution >= 0.6 is 15.9 Å². The van der Waals surface area contributed by atoms with Crippen molar-refractivity contribution in [2.75, 3.05) is 0 Å². The number of fused-ring (bicyclic) bond motifs is 1. The maximum atomic E-state index is 10.7. The Kier molecular flexibility index (Phi) is 2.37. The third-order valence-corrected chi connectivity index (χ3v) is 2.65. The minimum Gasteiger partial charge on any atom is -0.322 e. The maximum absolute atomic E-state index is 10.7. The highest BCUT2D eigenvalue weighted by Gasteiger charge is 2.07. The average molecular weight is 253 g/mol. The van der Waals surface area contributed by atoms with Gasteiger partial charge in [0, 0.05) is 11.0 Å². The summed E-state index contributed by atoms with van der Waals surface area (Å²) in [7, 11) is 0. The number of aromatic nitrogens is 2. The zero-order valence-electron chi connectivity index (χ0n) is 7.70. The predicted octanol–water partition coefficient (Wildman–Crippen LogP) is 2.63. The zero-order valence-corrected chi connectivity index (χ0v) is 9.28. The van der Waals surface area contributed by atoms with E-state index in [1.54, 1.807) is 0 Å². The SMILES string of the molecule is CCn1c(C=O)nc2ccc(Br)cc21. The largest absolute Gasteiger partial charge is 0.322 e. The Balaban J connectivity index is 2.81. The summed E-state index contributed by atoms with van der Waals surface area (Å²) in [4.78, 5) is 15.0. The fraction of sp³-hybridized carbons (Fsp3) is 0.200. The van der Waals surface area contributed by atoms with Crippen molar-refractivity contribution in [3.8, 4) is 0 Å². The van der Waals surface area contributed by atoms with E-state index in [0.717, 1.165) is 28.3 Å². The molecule has 14 heavy (non-hydrogen) atoms. The highest BCUT2D eigenvalue weighted by atomic mass is 79.9. The van der Waals surface area contributed by atoms with E-state index >= 15 is 0 Å². The second kappa shape index (κ2) is 3.53. The number of imidazole rings is 1. The first-order valence-corrected chi connectivity index (χ1v) is 5.16. The van der Waals surface area contributed by atoms with Crippen LogP contribution in [0, 0.1) is 0 Å². The summed E-state index contributed by atoms with van der Waals surface area (Å²) in [6.45, 7) is 2.75. The molecule has 0 spiro atoms. The fourth-order valence-corrected chi connectivity index (χ4v) is 1.89. The molecule has 0 unspecified atom stereocenters. The van der Waals surface area contributed by atoms with Gasteiger partial charge in [-0.3, -0.25) is 4.79 Å². The van der Waals surface area contributed by atoms with Gasteiger partial charge in [-0.1, -0.05) is 15.9 Å².